The Hall–Kier alpha value is -2.41. The highest BCUT2D eigenvalue weighted by Gasteiger charge is 2.26. The summed E-state index contributed by atoms with van der Waals surface area (Å²) in [7, 11) is 0. The minimum atomic E-state index is -1.04. The van der Waals surface area contributed by atoms with E-state index in [2.05, 4.69) is 4.99 Å². The molecular weight excluding hydrogens is 286 g/mol. The zero-order valence-corrected chi connectivity index (χ0v) is 13.1. The van der Waals surface area contributed by atoms with Gasteiger partial charge in [0.1, 0.15) is 5.60 Å². The van der Waals surface area contributed by atoms with E-state index < -0.39 is 17.6 Å². The SMILES string of the molecule is CC(=O)c1ccc(C(N=C(N)NO)C(=O)OC(C)(C)C)cc1. The molecule has 0 heterocycles. The zero-order valence-electron chi connectivity index (χ0n) is 13.1. The van der Waals surface area contributed by atoms with Gasteiger partial charge < -0.3 is 10.5 Å². The fourth-order valence-corrected chi connectivity index (χ4v) is 1.69. The van der Waals surface area contributed by atoms with Gasteiger partial charge in [-0.15, -0.1) is 0 Å². The molecule has 0 spiro atoms. The van der Waals surface area contributed by atoms with E-state index in [1.54, 1.807) is 50.5 Å². The Balaban J connectivity index is 3.15. The number of hydrogen-bond donors (Lipinski definition) is 3. The number of hydroxylamine groups is 1. The first kappa shape index (κ1) is 17.6. The monoisotopic (exact) mass is 307 g/mol. The molecule has 0 radical (unpaired) electrons. The van der Waals surface area contributed by atoms with Gasteiger partial charge in [0.05, 0.1) is 0 Å². The van der Waals surface area contributed by atoms with Crippen LogP contribution < -0.4 is 11.2 Å². The minimum Gasteiger partial charge on any atom is -0.458 e. The van der Waals surface area contributed by atoms with Gasteiger partial charge in [-0.1, -0.05) is 24.3 Å². The van der Waals surface area contributed by atoms with Crippen molar-refractivity contribution in [3.05, 3.63) is 35.4 Å². The number of carbonyl (C=O) groups is 2. The first-order chi connectivity index (χ1) is 10.1. The standard InChI is InChI=1S/C15H21N3O4/c1-9(19)10-5-7-11(8-6-10)12(17-14(16)18-21)13(20)22-15(2,3)4/h5-8,12,21H,1-4H3,(H3,16,17,18). The molecule has 0 aliphatic heterocycles. The van der Waals surface area contributed by atoms with E-state index in [4.69, 9.17) is 15.7 Å². The summed E-state index contributed by atoms with van der Waals surface area (Å²) in [5.41, 5.74) is 7.42. The third-order valence-electron chi connectivity index (χ3n) is 2.65. The van der Waals surface area contributed by atoms with Gasteiger partial charge in [0.25, 0.3) is 0 Å². The normalized spacial score (nSPS) is 13.4. The summed E-state index contributed by atoms with van der Waals surface area (Å²) >= 11 is 0. The van der Waals surface area contributed by atoms with Crippen LogP contribution in [0.3, 0.4) is 0 Å². The summed E-state index contributed by atoms with van der Waals surface area (Å²) in [5, 5.41) is 8.76. The third-order valence-corrected chi connectivity index (χ3v) is 2.65. The number of nitrogens with two attached hydrogens (primary N) is 1. The second kappa shape index (κ2) is 7.04. The van der Waals surface area contributed by atoms with E-state index in [0.717, 1.165) is 0 Å². The predicted octanol–water partition coefficient (Wildman–Crippen LogP) is 1.57. The summed E-state index contributed by atoms with van der Waals surface area (Å²) in [6, 6.07) is 5.33. The number of carbonyl (C=O) groups excluding carboxylic acids is 2. The Labute approximate surface area is 129 Å². The summed E-state index contributed by atoms with van der Waals surface area (Å²) < 4.78 is 5.30. The van der Waals surface area contributed by atoms with Gasteiger partial charge in [-0.25, -0.2) is 15.3 Å². The summed E-state index contributed by atoms with van der Waals surface area (Å²) in [6.45, 7) is 6.65. The van der Waals surface area contributed by atoms with Crippen LogP contribution in [0.1, 0.15) is 49.7 Å². The van der Waals surface area contributed by atoms with Crippen LogP contribution in [0.15, 0.2) is 29.3 Å². The highest BCUT2D eigenvalue weighted by atomic mass is 16.6. The molecule has 7 heteroatoms. The Morgan fingerprint density at radius 1 is 1.27 bits per heavy atom. The lowest BCUT2D eigenvalue weighted by Gasteiger charge is -2.22. The van der Waals surface area contributed by atoms with Crippen LogP contribution in [-0.4, -0.2) is 28.5 Å². The summed E-state index contributed by atoms with van der Waals surface area (Å²) in [5.74, 6) is -1.01. The van der Waals surface area contributed by atoms with E-state index in [9.17, 15) is 9.59 Å². The van der Waals surface area contributed by atoms with Gasteiger partial charge in [0, 0.05) is 5.56 Å². The van der Waals surface area contributed by atoms with Gasteiger partial charge in [-0.05, 0) is 33.3 Å². The minimum absolute atomic E-state index is 0.0830. The van der Waals surface area contributed by atoms with Gasteiger partial charge in [0.2, 0.25) is 5.96 Å². The molecule has 120 valence electrons. The molecule has 0 aliphatic carbocycles. The average Bonchev–Trinajstić information content (AvgIpc) is 2.42. The number of ether oxygens (including phenoxy) is 1. The van der Waals surface area contributed by atoms with E-state index in [-0.39, 0.29) is 11.7 Å². The van der Waals surface area contributed by atoms with Crippen molar-refractivity contribution in [3.8, 4) is 0 Å². The molecule has 0 saturated heterocycles. The van der Waals surface area contributed by atoms with E-state index >= 15 is 0 Å². The number of esters is 1. The highest BCUT2D eigenvalue weighted by Crippen LogP contribution is 2.22. The number of nitrogens with zero attached hydrogens (tertiary/aromatic N) is 1. The average molecular weight is 307 g/mol. The van der Waals surface area contributed by atoms with Crippen LogP contribution in [0, 0.1) is 0 Å². The molecule has 0 aliphatic rings. The molecule has 0 amide bonds. The molecule has 0 aromatic heterocycles. The Bertz CT molecular complexity index is 573. The number of nitrogens with one attached hydrogen (secondary N) is 1. The van der Waals surface area contributed by atoms with Crippen molar-refractivity contribution in [2.45, 2.75) is 39.3 Å². The van der Waals surface area contributed by atoms with Crippen LogP contribution in [0.25, 0.3) is 0 Å². The van der Waals surface area contributed by atoms with Crippen LogP contribution in [0.2, 0.25) is 0 Å². The highest BCUT2D eigenvalue weighted by molar-refractivity contribution is 5.94. The molecular formula is C15H21N3O4. The maximum Gasteiger partial charge on any atom is 0.336 e. The largest absolute Gasteiger partial charge is 0.458 e. The van der Waals surface area contributed by atoms with Crippen molar-refractivity contribution >= 4 is 17.7 Å². The lowest BCUT2D eigenvalue weighted by atomic mass is 10.0. The first-order valence-corrected chi connectivity index (χ1v) is 6.71. The summed E-state index contributed by atoms with van der Waals surface area (Å²) in [6.07, 6.45) is 0. The third kappa shape index (κ3) is 5.17. The molecule has 1 rings (SSSR count). The molecule has 7 nitrogen and oxygen atoms in total. The lowest BCUT2D eigenvalue weighted by molar-refractivity contribution is -0.156. The van der Waals surface area contributed by atoms with E-state index in [1.165, 1.54) is 6.92 Å². The molecule has 1 aromatic rings. The van der Waals surface area contributed by atoms with Crippen LogP contribution in [-0.2, 0) is 9.53 Å². The maximum atomic E-state index is 12.3. The van der Waals surface area contributed by atoms with Gasteiger partial charge in [-0.2, -0.15) is 0 Å². The van der Waals surface area contributed by atoms with Crippen molar-refractivity contribution in [2.24, 2.45) is 10.7 Å². The fourth-order valence-electron chi connectivity index (χ4n) is 1.69. The number of ketones is 1. The first-order valence-electron chi connectivity index (χ1n) is 6.71. The van der Waals surface area contributed by atoms with Crippen molar-refractivity contribution in [1.29, 1.82) is 0 Å². The Morgan fingerprint density at radius 3 is 2.23 bits per heavy atom. The molecule has 0 bridgehead atoms. The quantitative estimate of drug-likeness (QED) is 0.256. The number of aliphatic imine (C=N–C) groups is 1. The van der Waals surface area contributed by atoms with Gasteiger partial charge in [-0.3, -0.25) is 10.0 Å². The second-order valence-corrected chi connectivity index (χ2v) is 5.74. The zero-order chi connectivity index (χ0) is 16.9. The fraction of sp³-hybridized carbons (Fsp3) is 0.400. The smallest absolute Gasteiger partial charge is 0.336 e. The van der Waals surface area contributed by atoms with Gasteiger partial charge >= 0.3 is 5.97 Å². The molecule has 22 heavy (non-hydrogen) atoms. The van der Waals surface area contributed by atoms with Crippen molar-refractivity contribution in [2.75, 3.05) is 0 Å². The second-order valence-electron chi connectivity index (χ2n) is 5.74. The van der Waals surface area contributed by atoms with Crippen LogP contribution in [0.4, 0.5) is 0 Å². The Morgan fingerprint density at radius 2 is 1.82 bits per heavy atom. The van der Waals surface area contributed by atoms with Crippen molar-refractivity contribution in [1.82, 2.24) is 5.48 Å². The van der Waals surface area contributed by atoms with Crippen LogP contribution in [0.5, 0.6) is 0 Å². The number of hydrogen-bond acceptors (Lipinski definition) is 5. The summed E-state index contributed by atoms with van der Waals surface area (Å²) in [4.78, 5) is 27.5. The topological polar surface area (TPSA) is 114 Å². The molecule has 4 N–H and O–H groups in total. The van der Waals surface area contributed by atoms with E-state index in [1.807, 2.05) is 0 Å². The molecule has 0 saturated carbocycles. The number of benzene rings is 1. The number of rotatable bonds is 4. The predicted molar refractivity (Wildman–Crippen MR) is 81.6 cm³/mol. The lowest BCUT2D eigenvalue weighted by Crippen LogP contribution is -2.32. The molecule has 1 unspecified atom stereocenters. The molecule has 1 aromatic carbocycles. The number of Topliss-reactive ketones (excluding diaryl/α,β-unsaturated/α-hetero) is 1. The molecule has 0 fully saturated rings. The van der Waals surface area contributed by atoms with Crippen molar-refractivity contribution < 1.29 is 19.5 Å². The number of guanidine groups is 1. The van der Waals surface area contributed by atoms with Crippen LogP contribution >= 0.6 is 0 Å². The Kier molecular flexibility index (Phi) is 5.64. The maximum absolute atomic E-state index is 12.3. The van der Waals surface area contributed by atoms with Crippen molar-refractivity contribution in [3.63, 3.8) is 0 Å². The van der Waals surface area contributed by atoms with Gasteiger partial charge in [0.15, 0.2) is 11.8 Å². The van der Waals surface area contributed by atoms with E-state index in [0.29, 0.717) is 11.1 Å². The molecule has 1 atom stereocenters.